The second kappa shape index (κ2) is 6.70. The van der Waals surface area contributed by atoms with Gasteiger partial charge in [0, 0.05) is 6.04 Å². The maximum absolute atomic E-state index is 12.4. The molecule has 0 radical (unpaired) electrons. The Kier molecular flexibility index (Phi) is 4.96. The average molecular weight is 270 g/mol. The Labute approximate surface area is 112 Å². The van der Waals surface area contributed by atoms with Gasteiger partial charge in [-0.1, -0.05) is 25.0 Å². The van der Waals surface area contributed by atoms with Gasteiger partial charge in [0.1, 0.15) is 5.75 Å². The lowest BCUT2D eigenvalue weighted by atomic mass is 9.84. The van der Waals surface area contributed by atoms with Crippen molar-refractivity contribution < 1.29 is 13.5 Å². The minimum atomic E-state index is -2.81. The van der Waals surface area contributed by atoms with Gasteiger partial charge in [-0.2, -0.15) is 8.78 Å². The fraction of sp³-hybridized carbons (Fsp3) is 0.571. The van der Waals surface area contributed by atoms with Crippen LogP contribution in [0.1, 0.15) is 25.7 Å². The molecule has 0 aliphatic heterocycles. The lowest BCUT2D eigenvalue weighted by Crippen LogP contribution is -2.36. The summed E-state index contributed by atoms with van der Waals surface area (Å²) in [5.74, 6) is 0.590. The van der Waals surface area contributed by atoms with Crippen LogP contribution in [0.4, 0.5) is 14.5 Å². The first-order valence-electron chi connectivity index (χ1n) is 6.71. The van der Waals surface area contributed by atoms with Crippen LogP contribution in [0.3, 0.4) is 0 Å². The van der Waals surface area contributed by atoms with Crippen molar-refractivity contribution in [3.63, 3.8) is 0 Å². The SMILES string of the molecule is NCC1CCCCC1Nc1ccccc1OC(F)F. The van der Waals surface area contributed by atoms with Crippen LogP contribution >= 0.6 is 0 Å². The van der Waals surface area contributed by atoms with Gasteiger partial charge in [0.05, 0.1) is 5.69 Å². The van der Waals surface area contributed by atoms with E-state index in [4.69, 9.17) is 5.73 Å². The van der Waals surface area contributed by atoms with Gasteiger partial charge in [-0.15, -0.1) is 0 Å². The molecule has 2 unspecified atom stereocenters. The van der Waals surface area contributed by atoms with Gasteiger partial charge in [0.25, 0.3) is 0 Å². The van der Waals surface area contributed by atoms with E-state index in [1.54, 1.807) is 24.3 Å². The molecular formula is C14H20F2N2O. The Balaban J connectivity index is 2.08. The standard InChI is InChI=1S/C14H20F2N2O/c15-14(16)19-13-8-4-3-7-12(13)18-11-6-2-1-5-10(11)9-17/h3-4,7-8,10-11,14,18H,1-2,5-6,9,17H2. The zero-order valence-corrected chi connectivity index (χ0v) is 10.8. The molecule has 2 rings (SSSR count). The third kappa shape index (κ3) is 3.80. The fourth-order valence-electron chi connectivity index (χ4n) is 2.66. The van der Waals surface area contributed by atoms with Gasteiger partial charge in [-0.3, -0.25) is 0 Å². The molecule has 0 aromatic heterocycles. The van der Waals surface area contributed by atoms with Crippen LogP contribution < -0.4 is 15.8 Å². The van der Waals surface area contributed by atoms with E-state index in [-0.39, 0.29) is 11.8 Å². The van der Waals surface area contributed by atoms with Gasteiger partial charge in [-0.25, -0.2) is 0 Å². The first-order chi connectivity index (χ1) is 9.20. The van der Waals surface area contributed by atoms with Crippen molar-refractivity contribution >= 4 is 5.69 Å². The van der Waals surface area contributed by atoms with Crippen LogP contribution in [0.15, 0.2) is 24.3 Å². The summed E-state index contributed by atoms with van der Waals surface area (Å²) in [6, 6.07) is 7.04. The minimum absolute atomic E-state index is 0.193. The summed E-state index contributed by atoms with van der Waals surface area (Å²) in [7, 11) is 0. The number of rotatable bonds is 5. The molecule has 1 aliphatic carbocycles. The average Bonchev–Trinajstić information content (AvgIpc) is 2.41. The number of ether oxygens (including phenoxy) is 1. The summed E-state index contributed by atoms with van der Waals surface area (Å²) in [6.07, 6.45) is 4.44. The van der Waals surface area contributed by atoms with E-state index in [1.165, 1.54) is 6.42 Å². The summed E-state index contributed by atoms with van der Waals surface area (Å²) < 4.78 is 29.2. The summed E-state index contributed by atoms with van der Waals surface area (Å²) in [5.41, 5.74) is 6.39. The number of hydrogen-bond donors (Lipinski definition) is 2. The summed E-state index contributed by atoms with van der Waals surface area (Å²) >= 11 is 0. The highest BCUT2D eigenvalue weighted by Crippen LogP contribution is 2.31. The number of nitrogens with two attached hydrogens (primary N) is 1. The van der Waals surface area contributed by atoms with Crippen LogP contribution in [0, 0.1) is 5.92 Å². The number of para-hydroxylation sites is 2. The number of alkyl halides is 2. The molecule has 106 valence electrons. The van der Waals surface area contributed by atoms with Crippen LogP contribution in [0.5, 0.6) is 5.75 Å². The van der Waals surface area contributed by atoms with E-state index in [0.717, 1.165) is 19.3 Å². The molecule has 3 N–H and O–H groups in total. The van der Waals surface area contributed by atoms with Crippen molar-refractivity contribution in [2.75, 3.05) is 11.9 Å². The molecule has 5 heteroatoms. The smallest absolute Gasteiger partial charge is 0.387 e. The van der Waals surface area contributed by atoms with Crippen LogP contribution in [-0.4, -0.2) is 19.2 Å². The molecule has 1 fully saturated rings. The molecule has 0 saturated heterocycles. The molecule has 1 aromatic carbocycles. The lowest BCUT2D eigenvalue weighted by molar-refractivity contribution is -0.0494. The predicted molar refractivity (Wildman–Crippen MR) is 71.5 cm³/mol. The molecule has 0 heterocycles. The van der Waals surface area contributed by atoms with Gasteiger partial charge < -0.3 is 15.8 Å². The zero-order valence-electron chi connectivity index (χ0n) is 10.8. The van der Waals surface area contributed by atoms with Crippen LogP contribution in [-0.2, 0) is 0 Å². The summed E-state index contributed by atoms with van der Waals surface area (Å²) in [5, 5.41) is 3.32. The summed E-state index contributed by atoms with van der Waals surface area (Å²) in [6.45, 7) is -2.19. The van der Waals surface area contributed by atoms with E-state index in [9.17, 15) is 8.78 Å². The Bertz CT molecular complexity index is 401. The van der Waals surface area contributed by atoms with Crippen LogP contribution in [0.25, 0.3) is 0 Å². The molecule has 1 saturated carbocycles. The second-order valence-corrected chi connectivity index (χ2v) is 4.91. The highest BCUT2D eigenvalue weighted by atomic mass is 19.3. The summed E-state index contributed by atoms with van der Waals surface area (Å²) in [4.78, 5) is 0. The number of halogens is 2. The van der Waals surface area contributed by atoms with Crippen molar-refractivity contribution in [3.8, 4) is 5.75 Å². The molecule has 3 nitrogen and oxygen atoms in total. The molecule has 2 atom stereocenters. The Hall–Kier alpha value is -1.36. The maximum Gasteiger partial charge on any atom is 0.387 e. The van der Waals surface area contributed by atoms with E-state index in [0.29, 0.717) is 18.2 Å². The molecule has 0 amide bonds. The van der Waals surface area contributed by atoms with Gasteiger partial charge in [-0.05, 0) is 37.4 Å². The normalized spacial score (nSPS) is 23.4. The van der Waals surface area contributed by atoms with E-state index in [1.807, 2.05) is 0 Å². The minimum Gasteiger partial charge on any atom is -0.433 e. The highest BCUT2D eigenvalue weighted by Gasteiger charge is 2.24. The Morgan fingerprint density at radius 1 is 1.26 bits per heavy atom. The monoisotopic (exact) mass is 270 g/mol. The van der Waals surface area contributed by atoms with E-state index in [2.05, 4.69) is 10.1 Å². The second-order valence-electron chi connectivity index (χ2n) is 4.91. The van der Waals surface area contributed by atoms with Crippen LogP contribution in [0.2, 0.25) is 0 Å². The van der Waals surface area contributed by atoms with Crippen molar-refractivity contribution in [1.82, 2.24) is 0 Å². The van der Waals surface area contributed by atoms with Crippen molar-refractivity contribution in [2.45, 2.75) is 38.3 Å². The quantitative estimate of drug-likeness (QED) is 0.863. The largest absolute Gasteiger partial charge is 0.433 e. The topological polar surface area (TPSA) is 47.3 Å². The maximum atomic E-state index is 12.4. The molecular weight excluding hydrogens is 250 g/mol. The predicted octanol–water partition coefficient (Wildman–Crippen LogP) is 3.22. The molecule has 1 aliphatic rings. The molecule has 19 heavy (non-hydrogen) atoms. The first kappa shape index (κ1) is 14.1. The number of anilines is 1. The zero-order chi connectivity index (χ0) is 13.7. The number of hydrogen-bond acceptors (Lipinski definition) is 3. The van der Waals surface area contributed by atoms with Gasteiger partial charge in [0.15, 0.2) is 0 Å². The fourth-order valence-corrected chi connectivity index (χ4v) is 2.66. The van der Waals surface area contributed by atoms with Gasteiger partial charge >= 0.3 is 6.61 Å². The molecule has 0 spiro atoms. The lowest BCUT2D eigenvalue weighted by Gasteiger charge is -2.32. The van der Waals surface area contributed by atoms with Gasteiger partial charge in [0.2, 0.25) is 0 Å². The first-order valence-corrected chi connectivity index (χ1v) is 6.71. The van der Waals surface area contributed by atoms with E-state index < -0.39 is 6.61 Å². The van der Waals surface area contributed by atoms with Crippen molar-refractivity contribution in [2.24, 2.45) is 11.7 Å². The Morgan fingerprint density at radius 3 is 2.74 bits per heavy atom. The third-order valence-corrected chi connectivity index (χ3v) is 3.66. The Morgan fingerprint density at radius 2 is 2.00 bits per heavy atom. The van der Waals surface area contributed by atoms with Crippen molar-refractivity contribution in [1.29, 1.82) is 0 Å². The molecule has 0 bridgehead atoms. The number of nitrogens with one attached hydrogen (secondary N) is 1. The van der Waals surface area contributed by atoms with Crippen molar-refractivity contribution in [3.05, 3.63) is 24.3 Å². The molecule has 1 aromatic rings. The highest BCUT2D eigenvalue weighted by molar-refractivity contribution is 5.56. The number of benzene rings is 1. The van der Waals surface area contributed by atoms with E-state index >= 15 is 0 Å². The third-order valence-electron chi connectivity index (χ3n) is 3.66.